The molecule has 0 bridgehead atoms. The van der Waals surface area contributed by atoms with Gasteiger partial charge in [0.15, 0.2) is 5.75 Å². The fourth-order valence-corrected chi connectivity index (χ4v) is 1.51. The van der Waals surface area contributed by atoms with Gasteiger partial charge in [0.05, 0.1) is 5.69 Å². The number of benzene rings is 1. The molecule has 5 nitrogen and oxygen atoms in total. The topological polar surface area (TPSA) is 91.2 Å². The Bertz CT molecular complexity index is 597. The molecule has 5 heteroatoms. The minimum atomic E-state index is -0.593. The van der Waals surface area contributed by atoms with E-state index in [1.165, 1.54) is 6.20 Å². The van der Waals surface area contributed by atoms with Gasteiger partial charge in [-0.05, 0) is 30.7 Å². The molecule has 0 spiro atoms. The second kappa shape index (κ2) is 4.75. The zero-order valence-corrected chi connectivity index (χ0v) is 9.88. The summed E-state index contributed by atoms with van der Waals surface area (Å²) in [6.07, 6.45) is 1.52. The van der Waals surface area contributed by atoms with Crippen LogP contribution >= 0.6 is 0 Å². The molecule has 1 aromatic carbocycles. The summed E-state index contributed by atoms with van der Waals surface area (Å²) >= 11 is 0. The molecule has 1 heterocycles. The zero-order valence-electron chi connectivity index (χ0n) is 9.88. The third kappa shape index (κ3) is 2.24. The van der Waals surface area contributed by atoms with Crippen LogP contribution < -0.4 is 16.2 Å². The van der Waals surface area contributed by atoms with E-state index in [0.29, 0.717) is 11.4 Å². The summed E-state index contributed by atoms with van der Waals surface area (Å²) < 4.78 is 5.55. The number of hydrogen-bond donors (Lipinski definition) is 2. The highest BCUT2D eigenvalue weighted by Gasteiger charge is 2.12. The lowest BCUT2D eigenvalue weighted by molar-refractivity contribution is 0.0997. The van der Waals surface area contributed by atoms with Gasteiger partial charge < -0.3 is 16.2 Å². The first-order valence-electron chi connectivity index (χ1n) is 5.37. The van der Waals surface area contributed by atoms with Crippen LogP contribution in [0.5, 0.6) is 11.6 Å². The van der Waals surface area contributed by atoms with E-state index in [2.05, 4.69) is 4.98 Å². The molecule has 2 rings (SSSR count). The average molecular weight is 243 g/mol. The van der Waals surface area contributed by atoms with E-state index in [1.54, 1.807) is 18.2 Å². The van der Waals surface area contributed by atoms with Gasteiger partial charge in [-0.1, -0.05) is 12.1 Å². The number of hydrogen-bond acceptors (Lipinski definition) is 4. The molecule has 0 aliphatic heterocycles. The fourth-order valence-electron chi connectivity index (χ4n) is 1.51. The fraction of sp³-hybridized carbons (Fsp3) is 0.0769. The number of rotatable bonds is 3. The molecule has 18 heavy (non-hydrogen) atoms. The van der Waals surface area contributed by atoms with Crippen LogP contribution in [0.3, 0.4) is 0 Å². The second-order valence-corrected chi connectivity index (χ2v) is 3.81. The van der Waals surface area contributed by atoms with Crippen LogP contribution in [0.4, 0.5) is 5.69 Å². The van der Waals surface area contributed by atoms with E-state index < -0.39 is 5.91 Å². The Morgan fingerprint density at radius 3 is 2.78 bits per heavy atom. The van der Waals surface area contributed by atoms with Gasteiger partial charge in [0, 0.05) is 6.20 Å². The van der Waals surface area contributed by atoms with Gasteiger partial charge in [-0.25, -0.2) is 4.98 Å². The van der Waals surface area contributed by atoms with E-state index in [9.17, 15) is 4.79 Å². The van der Waals surface area contributed by atoms with E-state index in [0.717, 1.165) is 5.56 Å². The predicted octanol–water partition coefficient (Wildman–Crippen LogP) is 1.86. The largest absolute Gasteiger partial charge is 0.436 e. The Morgan fingerprint density at radius 2 is 2.06 bits per heavy atom. The minimum Gasteiger partial charge on any atom is -0.436 e. The van der Waals surface area contributed by atoms with Crippen molar-refractivity contribution >= 4 is 11.6 Å². The lowest BCUT2D eigenvalue weighted by Crippen LogP contribution is -2.13. The lowest BCUT2D eigenvalue weighted by Gasteiger charge is -2.10. The third-order valence-electron chi connectivity index (χ3n) is 2.53. The molecular weight excluding hydrogens is 230 g/mol. The van der Waals surface area contributed by atoms with Crippen LogP contribution in [0.15, 0.2) is 36.5 Å². The maximum absolute atomic E-state index is 11.2. The lowest BCUT2D eigenvalue weighted by atomic mass is 10.2. The molecule has 0 radical (unpaired) electrons. The number of aryl methyl sites for hydroxylation is 1. The van der Waals surface area contributed by atoms with Crippen molar-refractivity contribution < 1.29 is 9.53 Å². The van der Waals surface area contributed by atoms with Crippen LogP contribution in [0.2, 0.25) is 0 Å². The van der Waals surface area contributed by atoms with Gasteiger partial charge in [-0.3, -0.25) is 4.79 Å². The van der Waals surface area contributed by atoms with Crippen molar-refractivity contribution in [2.45, 2.75) is 6.92 Å². The molecule has 92 valence electrons. The van der Waals surface area contributed by atoms with E-state index in [4.69, 9.17) is 16.2 Å². The van der Waals surface area contributed by atoms with E-state index >= 15 is 0 Å². The van der Waals surface area contributed by atoms with Crippen molar-refractivity contribution in [1.82, 2.24) is 4.98 Å². The molecule has 0 fully saturated rings. The summed E-state index contributed by atoms with van der Waals surface area (Å²) in [5.74, 6) is 0.0165. The monoisotopic (exact) mass is 243 g/mol. The normalized spacial score (nSPS) is 10.1. The minimum absolute atomic E-state index is 0.155. The summed E-state index contributed by atoms with van der Waals surface area (Å²) in [4.78, 5) is 15.2. The summed E-state index contributed by atoms with van der Waals surface area (Å²) in [5, 5.41) is 0. The first-order chi connectivity index (χ1) is 8.59. The summed E-state index contributed by atoms with van der Waals surface area (Å²) in [6, 6.07) is 8.56. The van der Waals surface area contributed by atoms with Crippen molar-refractivity contribution in [3.8, 4) is 11.6 Å². The maximum atomic E-state index is 11.2. The highest BCUT2D eigenvalue weighted by atomic mass is 16.5. The van der Waals surface area contributed by atoms with Crippen LogP contribution in [0.25, 0.3) is 0 Å². The molecule has 0 unspecified atom stereocenters. The number of pyridine rings is 1. The Hall–Kier alpha value is -2.56. The van der Waals surface area contributed by atoms with Gasteiger partial charge in [0.1, 0.15) is 5.56 Å². The highest BCUT2D eigenvalue weighted by molar-refractivity contribution is 5.95. The number of nitrogens with zero attached hydrogens (tertiary/aromatic N) is 1. The van der Waals surface area contributed by atoms with Crippen molar-refractivity contribution in [3.63, 3.8) is 0 Å². The van der Waals surface area contributed by atoms with Gasteiger partial charge in [-0.15, -0.1) is 0 Å². The second-order valence-electron chi connectivity index (χ2n) is 3.81. The molecule has 0 saturated heterocycles. The first kappa shape index (κ1) is 11.9. The molecule has 2 aromatic rings. The first-order valence-corrected chi connectivity index (χ1v) is 5.37. The number of aromatic nitrogens is 1. The standard InChI is InChI=1S/C13H13N3O2/c1-8-4-2-6-10(11(8)14)18-13-9(12(15)17)5-3-7-16-13/h2-7H,14H2,1H3,(H2,15,17). The van der Waals surface area contributed by atoms with Crippen molar-refractivity contribution in [2.75, 3.05) is 5.73 Å². The smallest absolute Gasteiger partial charge is 0.254 e. The van der Waals surface area contributed by atoms with Crippen molar-refractivity contribution in [3.05, 3.63) is 47.7 Å². The number of primary amides is 1. The molecule has 4 N–H and O–H groups in total. The maximum Gasteiger partial charge on any atom is 0.254 e. The Balaban J connectivity index is 2.40. The van der Waals surface area contributed by atoms with Crippen LogP contribution in [-0.4, -0.2) is 10.9 Å². The average Bonchev–Trinajstić information content (AvgIpc) is 2.35. The SMILES string of the molecule is Cc1cccc(Oc2ncccc2C(N)=O)c1N. The quantitative estimate of drug-likeness (QED) is 0.805. The number of para-hydroxylation sites is 1. The van der Waals surface area contributed by atoms with E-state index in [1.807, 2.05) is 19.1 Å². The van der Waals surface area contributed by atoms with Crippen molar-refractivity contribution in [1.29, 1.82) is 0 Å². The molecular formula is C13H13N3O2. The van der Waals surface area contributed by atoms with Crippen LogP contribution in [-0.2, 0) is 0 Å². The summed E-state index contributed by atoms with van der Waals surface area (Å²) in [5.41, 5.74) is 12.8. The Labute approximate surface area is 104 Å². The molecule has 0 aliphatic carbocycles. The number of carbonyl (C=O) groups excluding carboxylic acids is 1. The Morgan fingerprint density at radius 1 is 1.28 bits per heavy atom. The molecule has 0 aliphatic rings. The molecule has 0 atom stereocenters. The van der Waals surface area contributed by atoms with Crippen molar-refractivity contribution in [2.24, 2.45) is 5.73 Å². The number of nitrogens with two attached hydrogens (primary N) is 2. The molecule has 1 amide bonds. The Kier molecular flexibility index (Phi) is 3.14. The highest BCUT2D eigenvalue weighted by Crippen LogP contribution is 2.29. The number of nitrogen functional groups attached to an aromatic ring is 1. The summed E-state index contributed by atoms with van der Waals surface area (Å²) in [7, 11) is 0. The zero-order chi connectivity index (χ0) is 13.1. The van der Waals surface area contributed by atoms with Gasteiger partial charge in [-0.2, -0.15) is 0 Å². The van der Waals surface area contributed by atoms with Crippen LogP contribution in [0.1, 0.15) is 15.9 Å². The third-order valence-corrected chi connectivity index (χ3v) is 2.53. The number of ether oxygens (including phenoxy) is 1. The number of amides is 1. The van der Waals surface area contributed by atoms with Crippen LogP contribution in [0, 0.1) is 6.92 Å². The number of carbonyl (C=O) groups is 1. The van der Waals surface area contributed by atoms with Gasteiger partial charge in [0.25, 0.3) is 5.91 Å². The van der Waals surface area contributed by atoms with Gasteiger partial charge in [0.2, 0.25) is 5.88 Å². The van der Waals surface area contributed by atoms with E-state index in [-0.39, 0.29) is 11.4 Å². The molecule has 1 aromatic heterocycles. The van der Waals surface area contributed by atoms with Gasteiger partial charge >= 0.3 is 0 Å². The number of anilines is 1. The molecule has 0 saturated carbocycles. The summed E-state index contributed by atoms with van der Waals surface area (Å²) in [6.45, 7) is 1.87. The predicted molar refractivity (Wildman–Crippen MR) is 68.4 cm³/mol.